The van der Waals surface area contributed by atoms with Crippen LogP contribution in [-0.4, -0.2) is 17.6 Å². The monoisotopic (exact) mass is 304 g/mol. The van der Waals surface area contributed by atoms with Crippen molar-refractivity contribution >= 4 is 5.84 Å². The lowest BCUT2D eigenvalue weighted by molar-refractivity contribution is -0.137. The van der Waals surface area contributed by atoms with Gasteiger partial charge in [-0.15, -0.1) is 0 Å². The van der Waals surface area contributed by atoms with Crippen LogP contribution >= 0.6 is 0 Å². The Morgan fingerprint density at radius 2 is 2.05 bits per heavy atom. The van der Waals surface area contributed by atoms with Crippen LogP contribution in [0.1, 0.15) is 37.8 Å². The normalized spacial score (nSPS) is 12.8. The molecule has 0 aromatic heterocycles. The van der Waals surface area contributed by atoms with Gasteiger partial charge in [-0.25, -0.2) is 0 Å². The minimum Gasteiger partial charge on any atom is -0.493 e. The van der Waals surface area contributed by atoms with E-state index in [1.165, 1.54) is 6.07 Å². The molecule has 0 saturated heterocycles. The quantitative estimate of drug-likeness (QED) is 0.277. The predicted molar refractivity (Wildman–Crippen MR) is 73.5 cm³/mol. The Bertz CT molecular complexity index is 499. The molecule has 7 heteroatoms. The third kappa shape index (κ3) is 5.17. The lowest BCUT2D eigenvalue weighted by atomic mass is 10.1. The second kappa shape index (κ2) is 7.19. The Morgan fingerprint density at radius 1 is 1.38 bits per heavy atom. The molecule has 0 bridgehead atoms. The standard InChI is InChI=1S/C14H19F3N2O2/c1-9(2)4-3-7-21-12-6-5-10(14(15,16)17)8-11(12)13(18)19-20/h5-6,8-9,20H,3-4,7H2,1-2H3,(H2,18,19). The van der Waals surface area contributed by atoms with E-state index in [4.69, 9.17) is 15.7 Å². The molecule has 0 aliphatic rings. The Hall–Kier alpha value is -1.92. The van der Waals surface area contributed by atoms with Crippen molar-refractivity contribution in [1.29, 1.82) is 0 Å². The van der Waals surface area contributed by atoms with Crippen molar-refractivity contribution in [3.8, 4) is 5.75 Å². The lowest BCUT2D eigenvalue weighted by Crippen LogP contribution is -2.17. The van der Waals surface area contributed by atoms with E-state index >= 15 is 0 Å². The summed E-state index contributed by atoms with van der Waals surface area (Å²) in [6.07, 6.45) is -2.78. The number of nitrogens with two attached hydrogens (primary N) is 1. The molecule has 21 heavy (non-hydrogen) atoms. The summed E-state index contributed by atoms with van der Waals surface area (Å²) in [5.41, 5.74) is 4.46. The van der Waals surface area contributed by atoms with Gasteiger partial charge in [0, 0.05) is 0 Å². The molecule has 0 heterocycles. The molecule has 0 saturated carbocycles. The Kier molecular flexibility index (Phi) is 5.87. The highest BCUT2D eigenvalue weighted by Crippen LogP contribution is 2.32. The first kappa shape index (κ1) is 17.1. The molecule has 0 spiro atoms. The van der Waals surface area contributed by atoms with Crippen molar-refractivity contribution < 1.29 is 23.1 Å². The second-order valence-corrected chi connectivity index (χ2v) is 5.08. The van der Waals surface area contributed by atoms with Crippen molar-refractivity contribution in [2.45, 2.75) is 32.9 Å². The average Bonchev–Trinajstić information content (AvgIpc) is 2.41. The molecule has 0 fully saturated rings. The van der Waals surface area contributed by atoms with Crippen LogP contribution in [0.3, 0.4) is 0 Å². The topological polar surface area (TPSA) is 67.8 Å². The van der Waals surface area contributed by atoms with Gasteiger partial charge < -0.3 is 15.7 Å². The maximum atomic E-state index is 12.7. The summed E-state index contributed by atoms with van der Waals surface area (Å²) in [6, 6.07) is 2.91. The van der Waals surface area contributed by atoms with E-state index in [2.05, 4.69) is 19.0 Å². The van der Waals surface area contributed by atoms with E-state index in [1.807, 2.05) is 0 Å². The summed E-state index contributed by atoms with van der Waals surface area (Å²) < 4.78 is 43.5. The maximum absolute atomic E-state index is 12.7. The van der Waals surface area contributed by atoms with Crippen molar-refractivity contribution in [2.24, 2.45) is 16.8 Å². The van der Waals surface area contributed by atoms with Crippen LogP contribution < -0.4 is 10.5 Å². The molecule has 0 radical (unpaired) electrons. The number of amidine groups is 1. The first-order valence-electron chi connectivity index (χ1n) is 6.57. The van der Waals surface area contributed by atoms with Crippen molar-refractivity contribution in [3.63, 3.8) is 0 Å². The molecular weight excluding hydrogens is 285 g/mol. The fourth-order valence-electron chi connectivity index (χ4n) is 1.76. The summed E-state index contributed by atoms with van der Waals surface area (Å²) in [5.74, 6) is 0.270. The molecule has 0 atom stereocenters. The lowest BCUT2D eigenvalue weighted by Gasteiger charge is -2.14. The SMILES string of the molecule is CC(C)CCCOc1ccc(C(F)(F)F)cc1/C(N)=N/O. The molecule has 0 amide bonds. The molecule has 1 aromatic rings. The van der Waals surface area contributed by atoms with Gasteiger partial charge in [-0.2, -0.15) is 13.2 Å². The molecule has 1 rings (SSSR count). The maximum Gasteiger partial charge on any atom is 0.416 e. The predicted octanol–water partition coefficient (Wildman–Crippen LogP) is 3.61. The highest BCUT2D eigenvalue weighted by atomic mass is 19.4. The molecule has 118 valence electrons. The Morgan fingerprint density at radius 3 is 2.57 bits per heavy atom. The summed E-state index contributed by atoms with van der Waals surface area (Å²) in [6.45, 7) is 4.50. The fraction of sp³-hybridized carbons (Fsp3) is 0.500. The van der Waals surface area contributed by atoms with E-state index in [0.717, 1.165) is 25.0 Å². The number of rotatable bonds is 6. The zero-order valence-electron chi connectivity index (χ0n) is 11.9. The van der Waals surface area contributed by atoms with Gasteiger partial charge in [0.15, 0.2) is 5.84 Å². The number of ether oxygens (including phenoxy) is 1. The molecule has 0 unspecified atom stereocenters. The Balaban J connectivity index is 2.93. The van der Waals surface area contributed by atoms with Crippen molar-refractivity contribution in [3.05, 3.63) is 29.3 Å². The summed E-state index contributed by atoms with van der Waals surface area (Å²) in [7, 11) is 0. The number of hydrogen-bond acceptors (Lipinski definition) is 3. The third-order valence-corrected chi connectivity index (χ3v) is 2.87. The summed E-state index contributed by atoms with van der Waals surface area (Å²) >= 11 is 0. The van der Waals surface area contributed by atoms with E-state index in [9.17, 15) is 13.2 Å². The molecule has 1 aromatic carbocycles. The molecular formula is C14H19F3N2O2. The van der Waals surface area contributed by atoms with E-state index in [1.54, 1.807) is 0 Å². The van der Waals surface area contributed by atoms with Crippen LogP contribution in [0, 0.1) is 5.92 Å². The van der Waals surface area contributed by atoms with Gasteiger partial charge >= 0.3 is 6.18 Å². The highest BCUT2D eigenvalue weighted by Gasteiger charge is 2.31. The minimum atomic E-state index is -4.50. The fourth-order valence-corrected chi connectivity index (χ4v) is 1.76. The van der Waals surface area contributed by atoms with Crippen LogP contribution in [0.2, 0.25) is 0 Å². The smallest absolute Gasteiger partial charge is 0.416 e. The summed E-state index contributed by atoms with van der Waals surface area (Å²) in [4.78, 5) is 0. The zero-order valence-corrected chi connectivity index (χ0v) is 11.9. The molecule has 3 N–H and O–H groups in total. The van der Waals surface area contributed by atoms with Crippen LogP contribution in [-0.2, 0) is 6.18 Å². The molecule has 0 aliphatic carbocycles. The number of benzene rings is 1. The van der Waals surface area contributed by atoms with Crippen LogP contribution in [0.5, 0.6) is 5.75 Å². The van der Waals surface area contributed by atoms with Crippen molar-refractivity contribution in [1.82, 2.24) is 0 Å². The first-order chi connectivity index (χ1) is 9.75. The van der Waals surface area contributed by atoms with Crippen molar-refractivity contribution in [2.75, 3.05) is 6.61 Å². The first-order valence-corrected chi connectivity index (χ1v) is 6.57. The number of oxime groups is 1. The number of alkyl halides is 3. The highest BCUT2D eigenvalue weighted by molar-refractivity contribution is 5.99. The Labute approximate surface area is 121 Å². The van der Waals surface area contributed by atoms with Gasteiger partial charge in [0.2, 0.25) is 0 Å². The van der Waals surface area contributed by atoms with E-state index in [-0.39, 0.29) is 11.3 Å². The van der Waals surface area contributed by atoms with Gasteiger partial charge in [-0.05, 0) is 37.0 Å². The largest absolute Gasteiger partial charge is 0.493 e. The third-order valence-electron chi connectivity index (χ3n) is 2.87. The van der Waals surface area contributed by atoms with Gasteiger partial charge in [0.25, 0.3) is 0 Å². The molecule has 4 nitrogen and oxygen atoms in total. The minimum absolute atomic E-state index is 0.0723. The van der Waals surface area contributed by atoms with Crippen LogP contribution in [0.4, 0.5) is 13.2 Å². The van der Waals surface area contributed by atoms with Gasteiger partial charge in [-0.1, -0.05) is 19.0 Å². The molecule has 0 aliphatic heterocycles. The van der Waals surface area contributed by atoms with E-state index in [0.29, 0.717) is 12.5 Å². The zero-order chi connectivity index (χ0) is 16.0. The number of hydrogen-bond donors (Lipinski definition) is 2. The number of halogens is 3. The van der Waals surface area contributed by atoms with E-state index < -0.39 is 17.6 Å². The van der Waals surface area contributed by atoms with Crippen LogP contribution in [0.25, 0.3) is 0 Å². The summed E-state index contributed by atoms with van der Waals surface area (Å²) in [5, 5.41) is 11.4. The van der Waals surface area contributed by atoms with Gasteiger partial charge in [0.1, 0.15) is 5.75 Å². The van der Waals surface area contributed by atoms with Gasteiger partial charge in [-0.3, -0.25) is 0 Å². The van der Waals surface area contributed by atoms with Crippen LogP contribution in [0.15, 0.2) is 23.4 Å². The average molecular weight is 304 g/mol. The second-order valence-electron chi connectivity index (χ2n) is 5.08. The number of nitrogens with zero attached hydrogens (tertiary/aromatic N) is 1. The van der Waals surface area contributed by atoms with Gasteiger partial charge in [0.05, 0.1) is 17.7 Å².